The second kappa shape index (κ2) is 8.76. The lowest BCUT2D eigenvalue weighted by Crippen LogP contribution is -2.47. The van der Waals surface area contributed by atoms with Crippen molar-refractivity contribution in [2.75, 3.05) is 38.5 Å². The number of fused-ring (bicyclic) bond motifs is 1. The number of carbonyl (C=O) groups is 2. The van der Waals surface area contributed by atoms with Crippen LogP contribution in [0.1, 0.15) is 25.9 Å². The number of pyridine rings is 1. The molecule has 0 spiro atoms. The van der Waals surface area contributed by atoms with Gasteiger partial charge in [-0.3, -0.25) is 9.59 Å². The molecule has 0 bridgehead atoms. The average molecular weight is 461 g/mol. The first-order chi connectivity index (χ1) is 16.0. The van der Waals surface area contributed by atoms with Crippen molar-refractivity contribution >= 4 is 39.1 Å². The van der Waals surface area contributed by atoms with E-state index >= 15 is 0 Å². The summed E-state index contributed by atoms with van der Waals surface area (Å²) < 4.78 is 1.87. The normalized spacial score (nSPS) is 14.5. The number of piperazine rings is 1. The molecule has 168 valence electrons. The highest BCUT2D eigenvalue weighted by Gasteiger charge is 2.22. The van der Waals surface area contributed by atoms with Crippen molar-refractivity contribution in [2.45, 2.75) is 6.92 Å². The number of aromatic nitrogens is 3. The van der Waals surface area contributed by atoms with E-state index in [9.17, 15) is 9.59 Å². The molecule has 1 N–H and O–H groups in total. The van der Waals surface area contributed by atoms with Crippen LogP contribution in [0.5, 0.6) is 0 Å². The van der Waals surface area contributed by atoms with Crippen LogP contribution < -0.4 is 5.32 Å². The number of amides is 2. The van der Waals surface area contributed by atoms with Crippen LogP contribution in [0.25, 0.3) is 15.9 Å². The van der Waals surface area contributed by atoms with Crippen LogP contribution >= 0.6 is 11.3 Å². The first kappa shape index (κ1) is 21.3. The molecule has 0 saturated carbocycles. The molecule has 1 fully saturated rings. The molecule has 0 aliphatic carbocycles. The SMILES string of the molecule is Cc1nn(-c2ccccc2)c2sc(C(=O)Nc3ccc(C(=O)N4CCN(C)CC4)nc3)cc12. The molecule has 1 saturated heterocycles. The Balaban J connectivity index is 1.31. The van der Waals surface area contributed by atoms with Gasteiger partial charge in [0.15, 0.2) is 0 Å². The molecule has 8 nitrogen and oxygen atoms in total. The summed E-state index contributed by atoms with van der Waals surface area (Å²) >= 11 is 1.40. The molecule has 0 unspecified atom stereocenters. The van der Waals surface area contributed by atoms with Crippen LogP contribution in [0.2, 0.25) is 0 Å². The smallest absolute Gasteiger partial charge is 0.272 e. The molecule has 4 heterocycles. The van der Waals surface area contributed by atoms with E-state index in [0.29, 0.717) is 29.3 Å². The third-order valence-electron chi connectivity index (χ3n) is 5.80. The molecule has 3 aromatic heterocycles. The summed E-state index contributed by atoms with van der Waals surface area (Å²) in [5, 5.41) is 8.47. The minimum atomic E-state index is -0.213. The van der Waals surface area contributed by atoms with Gasteiger partial charge in [0.05, 0.1) is 28.1 Å². The molecule has 4 aromatic rings. The predicted octanol–water partition coefficient (Wildman–Crippen LogP) is 3.43. The number of hydrogen-bond donors (Lipinski definition) is 1. The fourth-order valence-electron chi connectivity index (χ4n) is 3.86. The first-order valence-electron chi connectivity index (χ1n) is 10.8. The summed E-state index contributed by atoms with van der Waals surface area (Å²) in [6.45, 7) is 5.05. The molecule has 1 aliphatic rings. The zero-order valence-electron chi connectivity index (χ0n) is 18.5. The Labute approximate surface area is 195 Å². The van der Waals surface area contributed by atoms with E-state index in [1.807, 2.05) is 60.0 Å². The number of aryl methyl sites for hydroxylation is 1. The molecule has 1 aliphatic heterocycles. The molecule has 0 radical (unpaired) electrons. The Hall–Kier alpha value is -3.56. The number of para-hydroxylation sites is 1. The highest BCUT2D eigenvalue weighted by molar-refractivity contribution is 7.20. The summed E-state index contributed by atoms with van der Waals surface area (Å²) in [5.74, 6) is -0.290. The predicted molar refractivity (Wildman–Crippen MR) is 129 cm³/mol. The number of thiophene rings is 1. The molecular weight excluding hydrogens is 436 g/mol. The van der Waals surface area contributed by atoms with Gasteiger partial charge in [-0.1, -0.05) is 18.2 Å². The van der Waals surface area contributed by atoms with Gasteiger partial charge in [-0.2, -0.15) is 5.10 Å². The monoisotopic (exact) mass is 460 g/mol. The van der Waals surface area contributed by atoms with Gasteiger partial charge in [-0.25, -0.2) is 9.67 Å². The fourth-order valence-corrected chi connectivity index (χ4v) is 4.94. The maximum atomic E-state index is 12.9. The van der Waals surface area contributed by atoms with Gasteiger partial charge in [0.1, 0.15) is 10.5 Å². The van der Waals surface area contributed by atoms with Crippen molar-refractivity contribution in [1.29, 1.82) is 0 Å². The van der Waals surface area contributed by atoms with E-state index in [0.717, 1.165) is 34.7 Å². The van der Waals surface area contributed by atoms with E-state index in [1.165, 1.54) is 17.5 Å². The minimum absolute atomic E-state index is 0.0774. The van der Waals surface area contributed by atoms with Crippen LogP contribution in [0.15, 0.2) is 54.7 Å². The topological polar surface area (TPSA) is 83.4 Å². The quantitative estimate of drug-likeness (QED) is 0.505. The van der Waals surface area contributed by atoms with E-state index in [2.05, 4.69) is 20.3 Å². The lowest BCUT2D eigenvalue weighted by Gasteiger charge is -2.32. The lowest BCUT2D eigenvalue weighted by atomic mass is 10.2. The Kier molecular flexibility index (Phi) is 5.65. The Bertz CT molecular complexity index is 1300. The van der Waals surface area contributed by atoms with Gasteiger partial charge in [0.25, 0.3) is 11.8 Å². The largest absolute Gasteiger partial charge is 0.335 e. The van der Waals surface area contributed by atoms with Crippen molar-refractivity contribution in [1.82, 2.24) is 24.6 Å². The fraction of sp³-hybridized carbons (Fsp3) is 0.250. The van der Waals surface area contributed by atoms with Crippen molar-refractivity contribution in [3.63, 3.8) is 0 Å². The second-order valence-electron chi connectivity index (χ2n) is 8.14. The maximum absolute atomic E-state index is 12.9. The number of likely N-dealkylation sites (N-methyl/N-ethyl adjacent to an activating group) is 1. The van der Waals surface area contributed by atoms with E-state index in [1.54, 1.807) is 12.1 Å². The van der Waals surface area contributed by atoms with Crippen LogP contribution in [0.4, 0.5) is 5.69 Å². The van der Waals surface area contributed by atoms with Gasteiger partial charge in [-0.15, -0.1) is 11.3 Å². The van der Waals surface area contributed by atoms with E-state index < -0.39 is 0 Å². The third-order valence-corrected chi connectivity index (χ3v) is 6.91. The van der Waals surface area contributed by atoms with Gasteiger partial charge >= 0.3 is 0 Å². The highest BCUT2D eigenvalue weighted by atomic mass is 32.1. The summed E-state index contributed by atoms with van der Waals surface area (Å²) in [5.41, 5.74) is 2.76. The number of carbonyl (C=O) groups excluding carboxylic acids is 2. The average Bonchev–Trinajstić information content (AvgIpc) is 3.41. The van der Waals surface area contributed by atoms with Crippen molar-refractivity contribution in [3.8, 4) is 5.69 Å². The second-order valence-corrected chi connectivity index (χ2v) is 9.17. The Morgan fingerprint density at radius 3 is 2.48 bits per heavy atom. The van der Waals surface area contributed by atoms with E-state index in [4.69, 9.17) is 0 Å². The molecule has 0 atom stereocenters. The molecule has 1 aromatic carbocycles. The van der Waals surface area contributed by atoms with Gasteiger partial charge in [0, 0.05) is 31.6 Å². The third kappa shape index (κ3) is 4.24. The van der Waals surface area contributed by atoms with Crippen LogP contribution in [-0.2, 0) is 0 Å². The number of anilines is 1. The van der Waals surface area contributed by atoms with Crippen molar-refractivity contribution in [2.24, 2.45) is 0 Å². The summed E-state index contributed by atoms with van der Waals surface area (Å²) in [4.78, 5) is 35.4. The molecule has 2 amide bonds. The van der Waals surface area contributed by atoms with Gasteiger partial charge in [-0.05, 0) is 44.3 Å². The van der Waals surface area contributed by atoms with Crippen LogP contribution in [-0.4, -0.2) is 69.6 Å². The van der Waals surface area contributed by atoms with E-state index in [-0.39, 0.29) is 11.8 Å². The van der Waals surface area contributed by atoms with Crippen LogP contribution in [0, 0.1) is 6.92 Å². The number of nitrogens with zero attached hydrogens (tertiary/aromatic N) is 5. The number of rotatable bonds is 4. The zero-order valence-corrected chi connectivity index (χ0v) is 19.3. The molecule has 33 heavy (non-hydrogen) atoms. The number of nitrogens with one attached hydrogen (secondary N) is 1. The van der Waals surface area contributed by atoms with Crippen molar-refractivity contribution < 1.29 is 9.59 Å². The number of hydrogen-bond acceptors (Lipinski definition) is 6. The molecule has 5 rings (SSSR count). The van der Waals surface area contributed by atoms with Crippen molar-refractivity contribution in [3.05, 3.63) is 71.0 Å². The minimum Gasteiger partial charge on any atom is -0.335 e. The standard InChI is InChI=1S/C24H24N6O2S/c1-16-19-14-21(33-24(19)30(27-16)18-6-4-3-5-7-18)22(31)26-17-8-9-20(25-15-17)23(32)29-12-10-28(2)11-13-29/h3-9,14-15H,10-13H2,1-2H3,(H,26,31). The summed E-state index contributed by atoms with van der Waals surface area (Å²) in [6, 6.07) is 15.1. The Morgan fingerprint density at radius 2 is 1.79 bits per heavy atom. The molecular formula is C24H24N6O2S. The highest BCUT2D eigenvalue weighted by Crippen LogP contribution is 2.30. The summed E-state index contributed by atoms with van der Waals surface area (Å²) in [7, 11) is 2.05. The van der Waals surface area contributed by atoms with Gasteiger partial charge < -0.3 is 15.1 Å². The molecule has 9 heteroatoms. The number of benzene rings is 1. The maximum Gasteiger partial charge on any atom is 0.272 e. The zero-order chi connectivity index (χ0) is 22.9. The lowest BCUT2D eigenvalue weighted by molar-refractivity contribution is 0.0658. The van der Waals surface area contributed by atoms with Gasteiger partial charge in [0.2, 0.25) is 0 Å². The first-order valence-corrected chi connectivity index (χ1v) is 11.6. The Morgan fingerprint density at radius 1 is 1.03 bits per heavy atom. The van der Waals surface area contributed by atoms with Crippen LogP contribution in [0.3, 0.4) is 0 Å². The summed E-state index contributed by atoms with van der Waals surface area (Å²) in [6.07, 6.45) is 1.53.